The lowest BCUT2D eigenvalue weighted by atomic mass is 10.3. The van der Waals surface area contributed by atoms with E-state index in [0.29, 0.717) is 0 Å². The summed E-state index contributed by atoms with van der Waals surface area (Å²) < 4.78 is 5.04. The van der Waals surface area contributed by atoms with Crippen molar-refractivity contribution in [2.24, 2.45) is 0 Å². The number of hydrogen-bond donors (Lipinski definition) is 3. The third-order valence-electron chi connectivity index (χ3n) is 1.61. The summed E-state index contributed by atoms with van der Waals surface area (Å²) in [5.41, 5.74) is -0.192. The number of carboxylic acids is 1. The van der Waals surface area contributed by atoms with E-state index >= 15 is 0 Å². The van der Waals surface area contributed by atoms with Gasteiger partial charge in [0.1, 0.15) is 5.76 Å². The van der Waals surface area contributed by atoms with Gasteiger partial charge < -0.3 is 19.7 Å². The van der Waals surface area contributed by atoms with E-state index in [4.69, 9.17) is 19.7 Å². The molecule has 6 heteroatoms. The van der Waals surface area contributed by atoms with Gasteiger partial charge in [0.05, 0.1) is 13.2 Å². The van der Waals surface area contributed by atoms with Crippen molar-refractivity contribution in [1.29, 1.82) is 0 Å². The molecule has 0 unspecified atom stereocenters. The molecule has 6 nitrogen and oxygen atoms in total. The molecule has 3 N–H and O–H groups in total. The van der Waals surface area contributed by atoms with Crippen molar-refractivity contribution in [2.45, 2.75) is 12.8 Å². The molecule has 0 saturated heterocycles. The van der Waals surface area contributed by atoms with Crippen molar-refractivity contribution in [3.63, 3.8) is 0 Å². The quantitative estimate of drug-likeness (QED) is 0.590. The average Bonchev–Trinajstić information content (AvgIpc) is 2.49. The number of aliphatic hydroxyl groups is 2. The summed E-state index contributed by atoms with van der Waals surface area (Å²) in [4.78, 5) is 14.3. The number of rotatable bonds is 5. The van der Waals surface area contributed by atoms with Crippen molar-refractivity contribution in [3.05, 3.63) is 17.3 Å². The molecule has 0 saturated carbocycles. The molecule has 1 aromatic heterocycles. The highest BCUT2D eigenvalue weighted by molar-refractivity contribution is 5.86. The lowest BCUT2D eigenvalue weighted by Crippen LogP contribution is -2.02. The fraction of sp³-hybridized carbons (Fsp3) is 0.500. The summed E-state index contributed by atoms with van der Waals surface area (Å²) in [6.45, 7) is -0.355. The fourth-order valence-electron chi connectivity index (χ4n) is 1.04. The Labute approximate surface area is 79.8 Å². The number of hydrogen-bond acceptors (Lipinski definition) is 5. The maximum absolute atomic E-state index is 10.6. The molecule has 14 heavy (non-hydrogen) atoms. The molecule has 0 aromatic carbocycles. The Kier molecular flexibility index (Phi) is 3.61. The molecule has 1 aromatic rings. The van der Waals surface area contributed by atoms with Crippen LogP contribution in [-0.4, -0.2) is 39.5 Å². The molecule has 0 aliphatic rings. The van der Waals surface area contributed by atoms with Gasteiger partial charge in [-0.15, -0.1) is 0 Å². The van der Waals surface area contributed by atoms with Gasteiger partial charge in [0.15, 0.2) is 11.6 Å². The standard InChI is InChI=1S/C8H11NO5/c10-3-1-5-7(8(12)13)9-6(14-5)2-4-11/h10-11H,1-4H2,(H,12,13). The Morgan fingerprint density at radius 2 is 1.93 bits per heavy atom. The topological polar surface area (TPSA) is 104 Å². The van der Waals surface area contributed by atoms with Crippen molar-refractivity contribution < 1.29 is 24.5 Å². The van der Waals surface area contributed by atoms with Gasteiger partial charge in [-0.3, -0.25) is 0 Å². The summed E-state index contributed by atoms with van der Waals surface area (Å²) in [7, 11) is 0. The van der Waals surface area contributed by atoms with Crippen LogP contribution in [0.3, 0.4) is 0 Å². The summed E-state index contributed by atoms with van der Waals surface area (Å²) in [5.74, 6) is -0.877. The maximum Gasteiger partial charge on any atom is 0.358 e. The zero-order chi connectivity index (χ0) is 10.6. The summed E-state index contributed by atoms with van der Waals surface area (Å²) in [6, 6.07) is 0. The smallest absolute Gasteiger partial charge is 0.358 e. The number of aromatic nitrogens is 1. The maximum atomic E-state index is 10.6. The molecule has 1 rings (SSSR count). The molecule has 78 valence electrons. The molecular weight excluding hydrogens is 190 g/mol. The van der Waals surface area contributed by atoms with Gasteiger partial charge in [0, 0.05) is 12.8 Å². The first-order valence-corrected chi connectivity index (χ1v) is 4.12. The molecule has 0 amide bonds. The van der Waals surface area contributed by atoms with E-state index in [9.17, 15) is 4.79 Å². The predicted molar refractivity (Wildman–Crippen MR) is 45.0 cm³/mol. The second kappa shape index (κ2) is 4.73. The highest BCUT2D eigenvalue weighted by Crippen LogP contribution is 2.12. The third-order valence-corrected chi connectivity index (χ3v) is 1.61. The van der Waals surface area contributed by atoms with E-state index in [1.807, 2.05) is 0 Å². The van der Waals surface area contributed by atoms with Gasteiger partial charge in [-0.2, -0.15) is 0 Å². The van der Waals surface area contributed by atoms with Crippen LogP contribution in [0.1, 0.15) is 22.1 Å². The Morgan fingerprint density at radius 1 is 1.29 bits per heavy atom. The molecule has 0 radical (unpaired) electrons. The number of nitrogens with zero attached hydrogens (tertiary/aromatic N) is 1. The minimum atomic E-state index is -1.19. The summed E-state index contributed by atoms with van der Waals surface area (Å²) in [5, 5.41) is 25.9. The van der Waals surface area contributed by atoms with Crippen LogP contribution >= 0.6 is 0 Å². The monoisotopic (exact) mass is 201 g/mol. The first-order chi connectivity index (χ1) is 6.69. The van der Waals surface area contributed by atoms with Crippen molar-refractivity contribution in [1.82, 2.24) is 4.98 Å². The van der Waals surface area contributed by atoms with Crippen LogP contribution in [-0.2, 0) is 12.8 Å². The fourth-order valence-corrected chi connectivity index (χ4v) is 1.04. The summed E-state index contributed by atoms with van der Waals surface area (Å²) >= 11 is 0. The van der Waals surface area contributed by atoms with E-state index in [1.165, 1.54) is 0 Å². The molecule has 0 aliphatic heterocycles. The van der Waals surface area contributed by atoms with Crippen LogP contribution in [0.15, 0.2) is 4.42 Å². The largest absolute Gasteiger partial charge is 0.476 e. The lowest BCUT2D eigenvalue weighted by Gasteiger charge is -1.91. The van der Waals surface area contributed by atoms with E-state index in [1.54, 1.807) is 0 Å². The van der Waals surface area contributed by atoms with Gasteiger partial charge in [-0.1, -0.05) is 0 Å². The van der Waals surface area contributed by atoms with Crippen molar-refractivity contribution in [2.75, 3.05) is 13.2 Å². The average molecular weight is 201 g/mol. The first-order valence-electron chi connectivity index (χ1n) is 4.12. The second-order valence-electron chi connectivity index (χ2n) is 2.63. The molecule has 0 atom stereocenters. The summed E-state index contributed by atoms with van der Waals surface area (Å²) in [6.07, 6.45) is 0.284. The van der Waals surface area contributed by atoms with E-state index in [-0.39, 0.29) is 43.4 Å². The highest BCUT2D eigenvalue weighted by atomic mass is 16.4. The van der Waals surface area contributed by atoms with E-state index in [0.717, 1.165) is 0 Å². The Balaban J connectivity index is 2.93. The number of oxazole rings is 1. The van der Waals surface area contributed by atoms with Gasteiger partial charge >= 0.3 is 5.97 Å². The van der Waals surface area contributed by atoms with E-state index in [2.05, 4.69) is 4.98 Å². The minimum Gasteiger partial charge on any atom is -0.476 e. The molecular formula is C8H11NO5. The SMILES string of the molecule is O=C(O)c1nc(CCO)oc1CCO. The van der Waals surface area contributed by atoms with Gasteiger partial charge in [-0.05, 0) is 0 Å². The van der Waals surface area contributed by atoms with Gasteiger partial charge in [0.2, 0.25) is 0 Å². The van der Waals surface area contributed by atoms with Crippen LogP contribution < -0.4 is 0 Å². The van der Waals surface area contributed by atoms with Crippen LogP contribution in [0.25, 0.3) is 0 Å². The van der Waals surface area contributed by atoms with Gasteiger partial charge in [-0.25, -0.2) is 9.78 Å². The Hall–Kier alpha value is -1.40. The molecule has 1 heterocycles. The van der Waals surface area contributed by atoms with Crippen LogP contribution in [0.4, 0.5) is 0 Å². The van der Waals surface area contributed by atoms with Crippen LogP contribution in [0, 0.1) is 0 Å². The van der Waals surface area contributed by atoms with Crippen molar-refractivity contribution >= 4 is 5.97 Å². The number of aliphatic hydroxyl groups excluding tert-OH is 2. The Morgan fingerprint density at radius 3 is 2.43 bits per heavy atom. The zero-order valence-corrected chi connectivity index (χ0v) is 7.43. The zero-order valence-electron chi connectivity index (χ0n) is 7.43. The molecule has 0 bridgehead atoms. The number of aromatic carboxylic acids is 1. The second-order valence-corrected chi connectivity index (χ2v) is 2.63. The number of carbonyl (C=O) groups is 1. The molecule has 0 spiro atoms. The first kappa shape index (κ1) is 10.7. The molecule has 0 aliphatic carbocycles. The van der Waals surface area contributed by atoms with Crippen molar-refractivity contribution in [3.8, 4) is 0 Å². The van der Waals surface area contributed by atoms with Crippen LogP contribution in [0.5, 0.6) is 0 Å². The highest BCUT2D eigenvalue weighted by Gasteiger charge is 2.18. The van der Waals surface area contributed by atoms with Crippen LogP contribution in [0.2, 0.25) is 0 Å². The lowest BCUT2D eigenvalue weighted by molar-refractivity contribution is 0.0688. The van der Waals surface area contributed by atoms with E-state index < -0.39 is 5.97 Å². The Bertz CT molecular complexity index is 320. The van der Waals surface area contributed by atoms with Gasteiger partial charge in [0.25, 0.3) is 0 Å². The minimum absolute atomic E-state index is 0.111. The normalized spacial score (nSPS) is 10.4. The molecule has 0 fully saturated rings. The third kappa shape index (κ3) is 2.30. The predicted octanol–water partition coefficient (Wildman–Crippen LogP) is -0.558. The number of carboxylic acid groups (broad SMARTS) is 1.